The molecular weight excluding hydrogens is 606 g/mol. The molecule has 0 unspecified atom stereocenters. The van der Waals surface area contributed by atoms with Crippen molar-refractivity contribution in [2.24, 2.45) is 5.92 Å². The molecule has 0 bridgehead atoms. The largest absolute Gasteiger partial charge is 0.417 e. The summed E-state index contributed by atoms with van der Waals surface area (Å²) in [5.41, 5.74) is 1.59. The molecule has 2 aromatic rings. The van der Waals surface area contributed by atoms with E-state index in [0.29, 0.717) is 67.5 Å². The van der Waals surface area contributed by atoms with Gasteiger partial charge in [-0.3, -0.25) is 9.58 Å². The predicted octanol–water partition coefficient (Wildman–Crippen LogP) is 4.12. The number of rotatable bonds is 10. The van der Waals surface area contributed by atoms with Crippen LogP contribution in [0.5, 0.6) is 0 Å². The van der Waals surface area contributed by atoms with Crippen LogP contribution in [0.2, 0.25) is 0 Å². The molecule has 240 valence electrons. The lowest BCUT2D eigenvalue weighted by atomic mass is 9.99. The highest BCUT2D eigenvalue weighted by Gasteiger charge is 2.35. The number of hydrogen-bond donors (Lipinski definition) is 1. The molecule has 14 heteroatoms. The zero-order valence-corrected chi connectivity index (χ0v) is 26.3. The highest BCUT2D eigenvalue weighted by atomic mass is 32.2. The lowest BCUT2D eigenvalue weighted by molar-refractivity contribution is -0.139. The van der Waals surface area contributed by atoms with Gasteiger partial charge in [0.15, 0.2) is 0 Å². The number of aliphatic hydroxyl groups is 1. The van der Waals surface area contributed by atoms with Gasteiger partial charge in [0.05, 0.1) is 30.2 Å². The lowest BCUT2D eigenvalue weighted by Crippen LogP contribution is -2.40. The molecular formula is C29H41F4N5O3S2. The van der Waals surface area contributed by atoms with E-state index < -0.39 is 34.0 Å². The van der Waals surface area contributed by atoms with Crippen LogP contribution in [-0.2, 0) is 35.7 Å². The van der Waals surface area contributed by atoms with Crippen LogP contribution in [0.25, 0.3) is 11.3 Å². The fraction of sp³-hybridized carbons (Fsp3) is 0.690. The average Bonchev–Trinajstić information content (AvgIpc) is 3.51. The van der Waals surface area contributed by atoms with Gasteiger partial charge in [-0.05, 0) is 50.4 Å². The van der Waals surface area contributed by atoms with E-state index in [1.807, 2.05) is 4.90 Å². The van der Waals surface area contributed by atoms with Crippen molar-refractivity contribution in [2.75, 3.05) is 57.8 Å². The summed E-state index contributed by atoms with van der Waals surface area (Å²) < 4.78 is 83.4. The van der Waals surface area contributed by atoms with Crippen molar-refractivity contribution in [2.45, 2.75) is 69.0 Å². The highest BCUT2D eigenvalue weighted by Crippen LogP contribution is 2.40. The number of fused-ring (bicyclic) bond motifs is 1. The Bertz CT molecular complexity index is 1380. The molecule has 2 saturated heterocycles. The molecule has 0 amide bonds. The number of aromatic nitrogens is 2. The summed E-state index contributed by atoms with van der Waals surface area (Å²) in [6, 6.07) is 3.92. The number of likely N-dealkylation sites (tertiary alicyclic amines) is 2. The van der Waals surface area contributed by atoms with Crippen LogP contribution in [-0.4, -0.2) is 108 Å². The maximum absolute atomic E-state index is 14.0. The summed E-state index contributed by atoms with van der Waals surface area (Å²) >= 11 is 1.08. The van der Waals surface area contributed by atoms with Crippen LogP contribution >= 0.6 is 11.8 Å². The minimum Gasteiger partial charge on any atom is -0.390 e. The third-order valence-corrected chi connectivity index (χ3v) is 11.0. The first-order chi connectivity index (χ1) is 20.3. The van der Waals surface area contributed by atoms with Gasteiger partial charge in [0.1, 0.15) is 6.17 Å². The van der Waals surface area contributed by atoms with Crippen LogP contribution in [0.1, 0.15) is 43.0 Å². The third-order valence-electron chi connectivity index (χ3n) is 8.74. The van der Waals surface area contributed by atoms with Crippen molar-refractivity contribution in [3.63, 3.8) is 0 Å². The monoisotopic (exact) mass is 647 g/mol. The number of hydrogen-bond acceptors (Lipinski definition) is 7. The number of alkyl halides is 4. The Morgan fingerprint density at radius 3 is 2.47 bits per heavy atom. The Balaban J connectivity index is 1.42. The molecule has 8 nitrogen and oxygen atoms in total. The molecule has 0 aliphatic carbocycles. The van der Waals surface area contributed by atoms with E-state index >= 15 is 0 Å². The Kier molecular flexibility index (Phi) is 10.1. The molecule has 3 aliphatic rings. The zero-order chi connectivity index (χ0) is 30.9. The molecule has 0 spiro atoms. The molecule has 1 aromatic heterocycles. The highest BCUT2D eigenvalue weighted by molar-refractivity contribution is 7.99. The maximum Gasteiger partial charge on any atom is 0.417 e. The van der Waals surface area contributed by atoms with Crippen LogP contribution in [0.4, 0.5) is 17.6 Å². The second-order valence-electron chi connectivity index (χ2n) is 12.2. The normalized spacial score (nSPS) is 22.3. The molecule has 1 aromatic carbocycles. The Morgan fingerprint density at radius 1 is 1.09 bits per heavy atom. The summed E-state index contributed by atoms with van der Waals surface area (Å²) in [6.45, 7) is 6.47. The van der Waals surface area contributed by atoms with E-state index in [0.717, 1.165) is 55.7 Å². The van der Waals surface area contributed by atoms with Gasteiger partial charge in [-0.2, -0.15) is 22.6 Å². The van der Waals surface area contributed by atoms with Crippen molar-refractivity contribution in [3.8, 4) is 11.3 Å². The van der Waals surface area contributed by atoms with Gasteiger partial charge >= 0.3 is 6.18 Å². The number of aliphatic hydroxyl groups excluding tert-OH is 1. The van der Waals surface area contributed by atoms with Crippen molar-refractivity contribution in [1.29, 1.82) is 0 Å². The topological polar surface area (TPSA) is 81.9 Å². The van der Waals surface area contributed by atoms with E-state index in [-0.39, 0.29) is 24.5 Å². The molecule has 5 rings (SSSR count). The third kappa shape index (κ3) is 8.12. The molecule has 2 fully saturated rings. The van der Waals surface area contributed by atoms with Crippen molar-refractivity contribution in [3.05, 3.63) is 35.0 Å². The van der Waals surface area contributed by atoms with E-state index in [1.165, 1.54) is 16.4 Å². The Hall–Kier alpha value is -1.71. The molecule has 43 heavy (non-hydrogen) atoms. The van der Waals surface area contributed by atoms with E-state index in [4.69, 9.17) is 5.10 Å². The van der Waals surface area contributed by atoms with Gasteiger partial charge in [0.25, 0.3) is 0 Å². The van der Waals surface area contributed by atoms with E-state index in [9.17, 15) is 31.1 Å². The molecule has 0 radical (unpaired) electrons. The zero-order valence-electron chi connectivity index (χ0n) is 24.7. The van der Waals surface area contributed by atoms with Gasteiger partial charge < -0.3 is 10.0 Å². The summed E-state index contributed by atoms with van der Waals surface area (Å²) in [6.07, 6.45) is -2.02. The number of sulfonamides is 1. The maximum atomic E-state index is 14.0. The Labute approximate surface area is 255 Å². The lowest BCUT2D eigenvalue weighted by Gasteiger charge is -2.32. The summed E-state index contributed by atoms with van der Waals surface area (Å²) in [5.74, 6) is 1.04. The van der Waals surface area contributed by atoms with Crippen molar-refractivity contribution in [1.82, 2.24) is 23.9 Å². The smallest absolute Gasteiger partial charge is 0.390 e. The molecule has 1 N–H and O–H groups in total. The van der Waals surface area contributed by atoms with Crippen LogP contribution in [0.15, 0.2) is 23.1 Å². The first-order valence-electron chi connectivity index (χ1n) is 14.9. The van der Waals surface area contributed by atoms with Crippen LogP contribution < -0.4 is 0 Å². The Morgan fingerprint density at radius 2 is 1.81 bits per heavy atom. The summed E-state index contributed by atoms with van der Waals surface area (Å²) in [4.78, 5) is 4.21. The standard InChI is InChI=1S/C29H41F4N5O3S2/c1-20-5-9-35(10-6-20)17-23(39)18-38-26-8-12-37(43(2,40)41)19-24(26)28(34-38)21-3-4-25(29(31,32)33)27(15-21)42-14-13-36-11-7-22(30)16-36/h3-4,15,20,22-23,39H,5-14,16-19H2,1-2H3/t22-,23-/m0/s1. The number of halogens is 4. The van der Waals surface area contributed by atoms with Crippen LogP contribution in [0, 0.1) is 5.92 Å². The molecule has 4 heterocycles. The molecule has 2 atom stereocenters. The first kappa shape index (κ1) is 32.7. The minimum atomic E-state index is -4.55. The van der Waals surface area contributed by atoms with E-state index in [2.05, 4.69) is 11.8 Å². The summed E-state index contributed by atoms with van der Waals surface area (Å²) in [7, 11) is -3.51. The molecule has 3 aliphatic heterocycles. The number of piperidine rings is 1. The fourth-order valence-electron chi connectivity index (χ4n) is 6.23. The van der Waals surface area contributed by atoms with Gasteiger partial charge in [-0.25, -0.2) is 12.8 Å². The SMILES string of the molecule is CC1CCN(C[C@H](O)Cn2nc(-c3ccc(C(F)(F)F)c(SCCN4CC[C@H](F)C4)c3)c3c2CCN(S(C)(=O)=O)C3)CC1. The predicted molar refractivity (Wildman–Crippen MR) is 159 cm³/mol. The number of benzene rings is 1. The quantitative estimate of drug-likeness (QED) is 0.307. The summed E-state index contributed by atoms with van der Waals surface area (Å²) in [5, 5.41) is 15.8. The average molecular weight is 648 g/mol. The van der Waals surface area contributed by atoms with Gasteiger partial charge in [-0.1, -0.05) is 13.0 Å². The van der Waals surface area contributed by atoms with Crippen molar-refractivity contribution < 1.29 is 31.1 Å². The van der Waals surface area contributed by atoms with Gasteiger partial charge in [0.2, 0.25) is 10.0 Å². The molecule has 0 saturated carbocycles. The number of β-amino-alcohol motifs (C(OH)–C–C–N with tert-alkyl or cyclic N) is 1. The second-order valence-corrected chi connectivity index (χ2v) is 15.3. The second kappa shape index (κ2) is 13.3. The number of thioether (sulfide) groups is 1. The number of nitrogens with zero attached hydrogens (tertiary/aromatic N) is 5. The van der Waals surface area contributed by atoms with Crippen molar-refractivity contribution >= 4 is 21.8 Å². The van der Waals surface area contributed by atoms with Crippen LogP contribution in [0.3, 0.4) is 0 Å². The fourth-order valence-corrected chi connectivity index (χ4v) is 8.13. The first-order valence-corrected chi connectivity index (χ1v) is 17.8. The minimum absolute atomic E-state index is 0.0550. The van der Waals surface area contributed by atoms with E-state index in [1.54, 1.807) is 4.68 Å². The van der Waals surface area contributed by atoms with Gasteiger partial charge in [-0.15, -0.1) is 11.8 Å². The van der Waals surface area contributed by atoms with Gasteiger partial charge in [0, 0.05) is 73.2 Å².